The minimum Gasteiger partial charge on any atom is -0.389 e. The number of benzene rings is 2. The second-order valence-corrected chi connectivity index (χ2v) is 8.73. The number of pyridine rings is 1. The van der Waals surface area contributed by atoms with Crippen molar-refractivity contribution in [3.8, 4) is 0 Å². The van der Waals surface area contributed by atoms with Crippen LogP contribution in [0.25, 0.3) is 0 Å². The van der Waals surface area contributed by atoms with E-state index in [1.807, 2.05) is 18.5 Å². The van der Waals surface area contributed by atoms with Crippen LogP contribution in [0.3, 0.4) is 0 Å². The van der Waals surface area contributed by atoms with Gasteiger partial charge in [0.15, 0.2) is 0 Å². The molecule has 5 heteroatoms. The molecule has 3 aromatic rings. The quantitative estimate of drug-likeness (QED) is 0.619. The van der Waals surface area contributed by atoms with Crippen LogP contribution in [0.15, 0.2) is 67.0 Å². The number of aliphatic hydroxyl groups is 1. The van der Waals surface area contributed by atoms with Gasteiger partial charge in [-0.15, -0.1) is 0 Å². The number of nitrogens with one attached hydrogen (secondary N) is 1. The van der Waals surface area contributed by atoms with E-state index in [4.69, 9.17) is 0 Å². The number of anilines is 4. The minimum absolute atomic E-state index is 0.179. The molecule has 1 aliphatic carbocycles. The number of nitrogens with zero attached hydrogens (tertiary/aromatic N) is 3. The van der Waals surface area contributed by atoms with E-state index in [0.717, 1.165) is 31.7 Å². The van der Waals surface area contributed by atoms with Crippen LogP contribution in [-0.2, 0) is 6.42 Å². The summed E-state index contributed by atoms with van der Waals surface area (Å²) < 4.78 is 0. The number of aryl methyl sites for hydroxylation is 1. The summed E-state index contributed by atoms with van der Waals surface area (Å²) in [5, 5.41) is 13.1. The second kappa shape index (κ2) is 8.60. The molecular formula is C26H30N4O. The Bertz CT molecular complexity index is 1020. The highest BCUT2D eigenvalue weighted by Gasteiger charge is 2.24. The van der Waals surface area contributed by atoms with Crippen LogP contribution in [0.1, 0.15) is 29.9 Å². The molecule has 2 aromatic carbocycles. The van der Waals surface area contributed by atoms with Crippen molar-refractivity contribution in [1.82, 2.24) is 4.98 Å². The van der Waals surface area contributed by atoms with Crippen LogP contribution < -0.4 is 15.1 Å². The van der Waals surface area contributed by atoms with Crippen molar-refractivity contribution in [3.63, 3.8) is 0 Å². The molecule has 0 bridgehead atoms. The lowest BCUT2D eigenvalue weighted by Gasteiger charge is -2.38. The number of hydrogen-bond donors (Lipinski definition) is 2. The topological polar surface area (TPSA) is 51.6 Å². The lowest BCUT2D eigenvalue weighted by Crippen LogP contribution is -2.50. The number of rotatable bonds is 6. The van der Waals surface area contributed by atoms with E-state index in [1.54, 1.807) is 0 Å². The average molecular weight is 415 g/mol. The van der Waals surface area contributed by atoms with Gasteiger partial charge in [0.1, 0.15) is 0 Å². The van der Waals surface area contributed by atoms with Gasteiger partial charge in [-0.2, -0.15) is 0 Å². The third-order valence-electron chi connectivity index (χ3n) is 6.63. The highest BCUT2D eigenvalue weighted by atomic mass is 16.3. The molecule has 2 heterocycles. The molecule has 160 valence electrons. The molecule has 0 spiro atoms. The van der Waals surface area contributed by atoms with E-state index in [2.05, 4.69) is 75.7 Å². The average Bonchev–Trinajstić information content (AvgIpc) is 2.80. The molecule has 2 aliphatic rings. The molecule has 1 fully saturated rings. The highest BCUT2D eigenvalue weighted by molar-refractivity contribution is 5.67. The summed E-state index contributed by atoms with van der Waals surface area (Å²) in [6.45, 7) is 2.41. The van der Waals surface area contributed by atoms with Crippen molar-refractivity contribution >= 4 is 22.7 Å². The van der Waals surface area contributed by atoms with E-state index in [-0.39, 0.29) is 6.10 Å². The van der Waals surface area contributed by atoms with Gasteiger partial charge in [-0.25, -0.2) is 0 Å². The number of fused-ring (bicyclic) bond motifs is 1. The van der Waals surface area contributed by atoms with Crippen molar-refractivity contribution in [3.05, 3.63) is 78.1 Å². The van der Waals surface area contributed by atoms with Gasteiger partial charge < -0.3 is 20.2 Å². The summed E-state index contributed by atoms with van der Waals surface area (Å²) >= 11 is 0. The van der Waals surface area contributed by atoms with E-state index in [0.29, 0.717) is 5.92 Å². The van der Waals surface area contributed by atoms with Crippen LogP contribution in [0.4, 0.5) is 22.7 Å². The van der Waals surface area contributed by atoms with E-state index in [1.165, 1.54) is 41.0 Å². The molecule has 2 N–H and O–H groups in total. The molecule has 1 aromatic heterocycles. The first-order chi connectivity index (χ1) is 15.2. The maximum Gasteiger partial charge on any atom is 0.0889 e. The van der Waals surface area contributed by atoms with Gasteiger partial charge in [-0.05, 0) is 78.9 Å². The summed E-state index contributed by atoms with van der Waals surface area (Å²) in [6, 6.07) is 19.6. The molecule has 0 radical (unpaired) electrons. The molecular weight excluding hydrogens is 384 g/mol. The standard InChI is InChI=1S/C26H30N4O/c1-29(22-7-9-23(10-8-22)30-17-25(31)18-30)24-11-12-26-19(14-24)4-2-5-20(26)15-28-21-6-3-13-27-16-21/h3,6-14,16,20,25,28,31H,2,4-5,15,17-18H2,1H3/t20-/m0/s1. The van der Waals surface area contributed by atoms with Gasteiger partial charge in [0.2, 0.25) is 0 Å². The number of β-amino-alcohol motifs (C(OH)–C–C–N with tert-alkyl or cyclic N) is 1. The predicted octanol–water partition coefficient (Wildman–Crippen LogP) is 4.56. The van der Waals surface area contributed by atoms with Crippen LogP contribution >= 0.6 is 0 Å². The Labute approximate surface area is 184 Å². The lowest BCUT2D eigenvalue weighted by atomic mass is 9.82. The zero-order valence-electron chi connectivity index (χ0n) is 18.0. The first-order valence-corrected chi connectivity index (χ1v) is 11.2. The Morgan fingerprint density at radius 3 is 2.65 bits per heavy atom. The maximum atomic E-state index is 9.52. The number of aromatic nitrogens is 1. The van der Waals surface area contributed by atoms with Crippen molar-refractivity contribution in [2.24, 2.45) is 0 Å². The molecule has 0 unspecified atom stereocenters. The van der Waals surface area contributed by atoms with Gasteiger partial charge in [0.05, 0.1) is 11.8 Å². The molecule has 0 amide bonds. The summed E-state index contributed by atoms with van der Waals surface area (Å²) in [5.41, 5.74) is 7.62. The smallest absolute Gasteiger partial charge is 0.0889 e. The molecule has 0 saturated carbocycles. The predicted molar refractivity (Wildman–Crippen MR) is 128 cm³/mol. The minimum atomic E-state index is -0.179. The fraction of sp³-hybridized carbons (Fsp3) is 0.346. The highest BCUT2D eigenvalue weighted by Crippen LogP contribution is 2.36. The molecule has 1 aliphatic heterocycles. The van der Waals surface area contributed by atoms with Gasteiger partial charge in [0, 0.05) is 62.1 Å². The normalized spacial score (nSPS) is 18.3. The Morgan fingerprint density at radius 2 is 1.90 bits per heavy atom. The molecule has 1 saturated heterocycles. The zero-order valence-corrected chi connectivity index (χ0v) is 18.0. The zero-order chi connectivity index (χ0) is 21.2. The lowest BCUT2D eigenvalue weighted by molar-refractivity contribution is 0.142. The maximum absolute atomic E-state index is 9.52. The SMILES string of the molecule is CN(c1ccc(N2CC(O)C2)cc1)c1ccc2c(c1)CCC[C@H]2CNc1cccnc1. The van der Waals surface area contributed by atoms with Gasteiger partial charge in [0.25, 0.3) is 0 Å². The largest absolute Gasteiger partial charge is 0.389 e. The fourth-order valence-corrected chi connectivity index (χ4v) is 4.73. The number of hydrogen-bond acceptors (Lipinski definition) is 5. The Hall–Kier alpha value is -3.05. The van der Waals surface area contributed by atoms with Crippen LogP contribution in [0.2, 0.25) is 0 Å². The van der Waals surface area contributed by atoms with Crippen LogP contribution in [-0.4, -0.2) is 42.9 Å². The monoisotopic (exact) mass is 414 g/mol. The Kier molecular flexibility index (Phi) is 5.51. The Morgan fingerprint density at radius 1 is 1.10 bits per heavy atom. The third kappa shape index (κ3) is 4.23. The Balaban J connectivity index is 1.29. The fourth-order valence-electron chi connectivity index (χ4n) is 4.73. The summed E-state index contributed by atoms with van der Waals surface area (Å²) in [4.78, 5) is 8.65. The van der Waals surface area contributed by atoms with E-state index >= 15 is 0 Å². The molecule has 5 rings (SSSR count). The van der Waals surface area contributed by atoms with Crippen LogP contribution in [0, 0.1) is 0 Å². The van der Waals surface area contributed by atoms with Crippen molar-refractivity contribution in [2.75, 3.05) is 41.8 Å². The van der Waals surface area contributed by atoms with Crippen LogP contribution in [0.5, 0.6) is 0 Å². The van der Waals surface area contributed by atoms with Crippen molar-refractivity contribution in [2.45, 2.75) is 31.3 Å². The number of aliphatic hydroxyl groups excluding tert-OH is 1. The second-order valence-electron chi connectivity index (χ2n) is 8.73. The van der Waals surface area contributed by atoms with Crippen molar-refractivity contribution in [1.29, 1.82) is 0 Å². The van der Waals surface area contributed by atoms with Gasteiger partial charge in [-0.1, -0.05) is 6.07 Å². The third-order valence-corrected chi connectivity index (χ3v) is 6.63. The molecule has 5 nitrogen and oxygen atoms in total. The van der Waals surface area contributed by atoms with Gasteiger partial charge >= 0.3 is 0 Å². The van der Waals surface area contributed by atoms with Gasteiger partial charge in [-0.3, -0.25) is 4.98 Å². The van der Waals surface area contributed by atoms with E-state index < -0.39 is 0 Å². The van der Waals surface area contributed by atoms with Crippen molar-refractivity contribution < 1.29 is 5.11 Å². The molecule has 31 heavy (non-hydrogen) atoms. The summed E-state index contributed by atoms with van der Waals surface area (Å²) in [5.74, 6) is 0.537. The first kappa shape index (κ1) is 19.9. The summed E-state index contributed by atoms with van der Waals surface area (Å²) in [6.07, 6.45) is 7.12. The first-order valence-electron chi connectivity index (χ1n) is 11.2. The van der Waals surface area contributed by atoms with E-state index in [9.17, 15) is 5.11 Å². The molecule has 1 atom stereocenters. The summed E-state index contributed by atoms with van der Waals surface area (Å²) in [7, 11) is 2.13.